The van der Waals surface area contributed by atoms with E-state index < -0.39 is 5.41 Å². The van der Waals surface area contributed by atoms with Crippen molar-refractivity contribution in [3.63, 3.8) is 0 Å². The van der Waals surface area contributed by atoms with Crippen LogP contribution in [-0.2, 0) is 9.53 Å². The van der Waals surface area contributed by atoms with Gasteiger partial charge in [0.1, 0.15) is 0 Å². The number of benzene rings is 1. The molecule has 5 heteroatoms. The van der Waals surface area contributed by atoms with Crippen molar-refractivity contribution in [3.05, 3.63) is 34.9 Å². The van der Waals surface area contributed by atoms with Crippen LogP contribution in [0.5, 0.6) is 0 Å². The molecule has 2 heterocycles. The van der Waals surface area contributed by atoms with E-state index in [9.17, 15) is 4.79 Å². The van der Waals surface area contributed by atoms with Crippen molar-refractivity contribution in [2.75, 3.05) is 19.8 Å². The first-order chi connectivity index (χ1) is 10.0. The van der Waals surface area contributed by atoms with Gasteiger partial charge in [-0.05, 0) is 31.4 Å². The number of amides is 1. The maximum atomic E-state index is 13.0. The SMILES string of the molecule is CC1(C(=O)N2CCCC2c2ccccc2Cl)COCC1N. The van der Waals surface area contributed by atoms with E-state index in [0.29, 0.717) is 13.2 Å². The number of carbonyl (C=O) groups excluding carboxylic acids is 1. The summed E-state index contributed by atoms with van der Waals surface area (Å²) in [5, 5.41) is 0.722. The number of likely N-dealkylation sites (tertiary alicyclic amines) is 1. The number of ether oxygens (including phenoxy) is 1. The summed E-state index contributed by atoms with van der Waals surface area (Å²) >= 11 is 6.31. The van der Waals surface area contributed by atoms with Crippen LogP contribution in [0.4, 0.5) is 0 Å². The van der Waals surface area contributed by atoms with Crippen molar-refractivity contribution in [2.24, 2.45) is 11.1 Å². The number of carbonyl (C=O) groups is 1. The van der Waals surface area contributed by atoms with Crippen molar-refractivity contribution in [3.8, 4) is 0 Å². The summed E-state index contributed by atoms with van der Waals surface area (Å²) in [6.07, 6.45) is 1.94. The first-order valence-electron chi connectivity index (χ1n) is 7.43. The molecule has 0 saturated carbocycles. The van der Waals surface area contributed by atoms with Crippen LogP contribution in [-0.4, -0.2) is 36.6 Å². The Morgan fingerprint density at radius 2 is 2.24 bits per heavy atom. The fraction of sp³-hybridized carbons (Fsp3) is 0.562. The van der Waals surface area contributed by atoms with Crippen LogP contribution < -0.4 is 5.73 Å². The Labute approximate surface area is 130 Å². The maximum absolute atomic E-state index is 13.0. The Kier molecular flexibility index (Phi) is 3.95. The smallest absolute Gasteiger partial charge is 0.233 e. The van der Waals surface area contributed by atoms with Gasteiger partial charge < -0.3 is 15.4 Å². The average molecular weight is 309 g/mol. The van der Waals surface area contributed by atoms with Crippen LogP contribution in [0.15, 0.2) is 24.3 Å². The molecule has 1 aromatic carbocycles. The lowest BCUT2D eigenvalue weighted by Gasteiger charge is -2.34. The number of nitrogens with zero attached hydrogens (tertiary/aromatic N) is 1. The second-order valence-electron chi connectivity index (χ2n) is 6.22. The molecule has 1 amide bonds. The van der Waals surface area contributed by atoms with Gasteiger partial charge in [0.2, 0.25) is 5.91 Å². The number of hydrogen-bond donors (Lipinski definition) is 1. The van der Waals surface area contributed by atoms with E-state index in [4.69, 9.17) is 22.1 Å². The van der Waals surface area contributed by atoms with Gasteiger partial charge in [0.25, 0.3) is 0 Å². The molecule has 0 spiro atoms. The van der Waals surface area contributed by atoms with Crippen LogP contribution in [0.1, 0.15) is 31.4 Å². The summed E-state index contributed by atoms with van der Waals surface area (Å²) in [5.41, 5.74) is 6.50. The van der Waals surface area contributed by atoms with Gasteiger partial charge in [-0.2, -0.15) is 0 Å². The summed E-state index contributed by atoms with van der Waals surface area (Å²) in [7, 11) is 0. The highest BCUT2D eigenvalue weighted by Gasteiger charge is 2.48. The van der Waals surface area contributed by atoms with Crippen LogP contribution in [0.25, 0.3) is 0 Å². The molecule has 2 saturated heterocycles. The molecule has 0 radical (unpaired) electrons. The normalized spacial score (nSPS) is 32.6. The number of hydrogen-bond acceptors (Lipinski definition) is 3. The van der Waals surface area contributed by atoms with Gasteiger partial charge in [-0.3, -0.25) is 4.79 Å². The van der Waals surface area contributed by atoms with Crippen molar-refractivity contribution >= 4 is 17.5 Å². The standard InChI is InChI=1S/C16H21ClN2O2/c1-16(10-21-9-14(16)18)15(20)19-8-4-7-13(19)11-5-2-3-6-12(11)17/h2-3,5-6,13-14H,4,7-10,18H2,1H3. The third kappa shape index (κ3) is 2.45. The molecule has 2 aliphatic heterocycles. The summed E-state index contributed by atoms with van der Waals surface area (Å²) in [6.45, 7) is 3.53. The van der Waals surface area contributed by atoms with E-state index in [2.05, 4.69) is 0 Å². The quantitative estimate of drug-likeness (QED) is 0.912. The van der Waals surface area contributed by atoms with E-state index in [0.717, 1.165) is 30.0 Å². The third-order valence-corrected chi connectivity index (χ3v) is 5.13. The third-order valence-electron chi connectivity index (χ3n) is 4.78. The lowest BCUT2D eigenvalue weighted by molar-refractivity contribution is -0.142. The number of halogens is 1. The van der Waals surface area contributed by atoms with Crippen molar-refractivity contribution in [1.82, 2.24) is 4.90 Å². The second-order valence-corrected chi connectivity index (χ2v) is 6.62. The molecule has 114 valence electrons. The number of rotatable bonds is 2. The minimum atomic E-state index is -0.621. The predicted octanol–water partition coefficient (Wildman–Crippen LogP) is 2.37. The first-order valence-corrected chi connectivity index (χ1v) is 7.80. The van der Waals surface area contributed by atoms with Crippen molar-refractivity contribution in [1.29, 1.82) is 0 Å². The molecule has 2 aliphatic rings. The Morgan fingerprint density at radius 1 is 1.48 bits per heavy atom. The highest BCUT2D eigenvalue weighted by Crippen LogP contribution is 2.40. The van der Waals surface area contributed by atoms with Gasteiger partial charge in [0.05, 0.1) is 24.7 Å². The minimum Gasteiger partial charge on any atom is -0.379 e. The Morgan fingerprint density at radius 3 is 2.90 bits per heavy atom. The van der Waals surface area contributed by atoms with E-state index in [1.165, 1.54) is 0 Å². The molecule has 21 heavy (non-hydrogen) atoms. The van der Waals surface area contributed by atoms with Gasteiger partial charge in [-0.1, -0.05) is 29.8 Å². The lowest BCUT2D eigenvalue weighted by Crippen LogP contribution is -2.51. The fourth-order valence-electron chi connectivity index (χ4n) is 3.32. The van der Waals surface area contributed by atoms with Gasteiger partial charge in [-0.25, -0.2) is 0 Å². The fourth-order valence-corrected chi connectivity index (χ4v) is 3.58. The van der Waals surface area contributed by atoms with Gasteiger partial charge in [-0.15, -0.1) is 0 Å². The van der Waals surface area contributed by atoms with E-state index in [1.807, 2.05) is 36.1 Å². The van der Waals surface area contributed by atoms with E-state index in [-0.39, 0.29) is 18.0 Å². The van der Waals surface area contributed by atoms with Crippen LogP contribution in [0.3, 0.4) is 0 Å². The summed E-state index contributed by atoms with van der Waals surface area (Å²) in [6, 6.07) is 7.58. The molecule has 3 rings (SSSR count). The highest BCUT2D eigenvalue weighted by atomic mass is 35.5. The first kappa shape index (κ1) is 14.8. The number of nitrogens with two attached hydrogens (primary N) is 1. The largest absolute Gasteiger partial charge is 0.379 e. The molecule has 1 aromatic rings. The molecule has 3 atom stereocenters. The lowest BCUT2D eigenvalue weighted by atomic mass is 9.83. The Bertz CT molecular complexity index is 551. The summed E-state index contributed by atoms with van der Waals surface area (Å²) < 4.78 is 5.42. The van der Waals surface area contributed by atoms with E-state index in [1.54, 1.807) is 0 Å². The molecule has 4 nitrogen and oxygen atoms in total. The molecule has 2 N–H and O–H groups in total. The van der Waals surface area contributed by atoms with Crippen molar-refractivity contribution < 1.29 is 9.53 Å². The van der Waals surface area contributed by atoms with Crippen molar-refractivity contribution in [2.45, 2.75) is 31.8 Å². The zero-order valence-corrected chi connectivity index (χ0v) is 13.0. The monoisotopic (exact) mass is 308 g/mol. The Hall–Kier alpha value is -1.10. The highest BCUT2D eigenvalue weighted by molar-refractivity contribution is 6.31. The topological polar surface area (TPSA) is 55.6 Å². The van der Waals surface area contributed by atoms with Crippen LogP contribution in [0.2, 0.25) is 5.02 Å². The minimum absolute atomic E-state index is 0.0517. The predicted molar refractivity (Wildman–Crippen MR) is 82.0 cm³/mol. The zero-order valence-electron chi connectivity index (χ0n) is 12.2. The molecule has 0 aliphatic carbocycles. The van der Waals surface area contributed by atoms with Crippen LogP contribution in [0, 0.1) is 5.41 Å². The average Bonchev–Trinajstić information content (AvgIpc) is 3.07. The van der Waals surface area contributed by atoms with Gasteiger partial charge in [0, 0.05) is 17.6 Å². The van der Waals surface area contributed by atoms with Gasteiger partial charge >= 0.3 is 0 Å². The molecule has 3 unspecified atom stereocenters. The molecule has 2 fully saturated rings. The zero-order chi connectivity index (χ0) is 15.0. The molecule has 0 bridgehead atoms. The second kappa shape index (κ2) is 5.59. The van der Waals surface area contributed by atoms with Gasteiger partial charge in [0.15, 0.2) is 0 Å². The summed E-state index contributed by atoms with van der Waals surface area (Å²) in [5.74, 6) is 0.0925. The molecule has 0 aromatic heterocycles. The van der Waals surface area contributed by atoms with E-state index >= 15 is 0 Å². The van der Waals surface area contributed by atoms with Crippen LogP contribution >= 0.6 is 11.6 Å². The molecular weight excluding hydrogens is 288 g/mol. The summed E-state index contributed by atoms with van der Waals surface area (Å²) in [4.78, 5) is 14.9. The Balaban J connectivity index is 1.88. The molecular formula is C16H21ClN2O2. The maximum Gasteiger partial charge on any atom is 0.233 e.